The summed E-state index contributed by atoms with van der Waals surface area (Å²) in [5.74, 6) is -0.270. The number of nitrogens with one attached hydrogen (secondary N) is 1. The van der Waals surface area contributed by atoms with Crippen molar-refractivity contribution in [2.75, 3.05) is 14.1 Å². The summed E-state index contributed by atoms with van der Waals surface area (Å²) in [6.45, 7) is 1.26. The molecule has 0 radical (unpaired) electrons. The fourth-order valence-electron chi connectivity index (χ4n) is 2.21. The molecule has 0 saturated carbocycles. The van der Waals surface area contributed by atoms with Gasteiger partial charge in [0.15, 0.2) is 0 Å². The van der Waals surface area contributed by atoms with Crippen molar-refractivity contribution in [3.8, 4) is 0 Å². The van der Waals surface area contributed by atoms with E-state index < -0.39 is 10.0 Å². The van der Waals surface area contributed by atoms with Crippen LogP contribution in [0.1, 0.15) is 21.5 Å². The topological polar surface area (TPSA) is 92.5 Å². The molecular weight excluding hydrogens is 326 g/mol. The Morgan fingerprint density at radius 2 is 1.54 bits per heavy atom. The van der Waals surface area contributed by atoms with E-state index in [1.165, 1.54) is 29.8 Å². The summed E-state index contributed by atoms with van der Waals surface area (Å²) in [6.07, 6.45) is 0. The number of carbonyl (C=O) groups is 1. The molecule has 3 N–H and O–H groups in total. The monoisotopic (exact) mass is 347 g/mol. The molecule has 0 aliphatic heterocycles. The van der Waals surface area contributed by atoms with Crippen LogP contribution in [0.25, 0.3) is 0 Å². The van der Waals surface area contributed by atoms with Crippen LogP contribution >= 0.6 is 0 Å². The summed E-state index contributed by atoms with van der Waals surface area (Å²) in [5, 5.41) is 7.83. The van der Waals surface area contributed by atoms with Gasteiger partial charge in [0.1, 0.15) is 0 Å². The number of benzene rings is 2. The Morgan fingerprint density at radius 1 is 1.00 bits per heavy atom. The van der Waals surface area contributed by atoms with E-state index in [9.17, 15) is 13.2 Å². The molecule has 0 aromatic heterocycles. The zero-order valence-electron chi connectivity index (χ0n) is 13.7. The Balaban J connectivity index is 1.95. The quantitative estimate of drug-likeness (QED) is 0.824. The van der Waals surface area contributed by atoms with E-state index >= 15 is 0 Å². The molecule has 7 heteroatoms. The fraction of sp³-hybridized carbons (Fsp3) is 0.235. The molecule has 0 heterocycles. The predicted octanol–water partition coefficient (Wildman–Crippen LogP) is 1.33. The van der Waals surface area contributed by atoms with Gasteiger partial charge in [-0.2, -0.15) is 0 Å². The van der Waals surface area contributed by atoms with Gasteiger partial charge in [-0.1, -0.05) is 24.3 Å². The lowest BCUT2D eigenvalue weighted by Crippen LogP contribution is -2.23. The molecule has 0 saturated heterocycles. The van der Waals surface area contributed by atoms with Crippen molar-refractivity contribution in [2.45, 2.75) is 18.0 Å². The third-order valence-electron chi connectivity index (χ3n) is 3.42. The average Bonchev–Trinajstić information content (AvgIpc) is 2.52. The molecule has 0 spiro atoms. The van der Waals surface area contributed by atoms with Crippen LogP contribution in [0.3, 0.4) is 0 Å². The van der Waals surface area contributed by atoms with Crippen LogP contribution in [0, 0.1) is 0 Å². The maximum Gasteiger partial charge on any atom is 0.251 e. The van der Waals surface area contributed by atoms with E-state index in [4.69, 9.17) is 5.14 Å². The number of hydrogen-bond donors (Lipinski definition) is 2. The van der Waals surface area contributed by atoms with Crippen LogP contribution in [0.5, 0.6) is 0 Å². The zero-order valence-corrected chi connectivity index (χ0v) is 14.5. The van der Waals surface area contributed by atoms with Crippen molar-refractivity contribution in [2.24, 2.45) is 5.14 Å². The van der Waals surface area contributed by atoms with E-state index in [1.54, 1.807) is 0 Å². The lowest BCUT2D eigenvalue weighted by Gasteiger charge is -2.10. The minimum Gasteiger partial charge on any atom is -0.348 e. The van der Waals surface area contributed by atoms with Gasteiger partial charge >= 0.3 is 0 Å². The molecule has 24 heavy (non-hydrogen) atoms. The summed E-state index contributed by atoms with van der Waals surface area (Å²) in [4.78, 5) is 14.2. The van der Waals surface area contributed by atoms with Crippen molar-refractivity contribution in [3.05, 3.63) is 65.2 Å². The average molecular weight is 347 g/mol. The van der Waals surface area contributed by atoms with Gasteiger partial charge in [0.25, 0.3) is 5.91 Å². The van der Waals surface area contributed by atoms with Gasteiger partial charge in [-0.15, -0.1) is 0 Å². The van der Waals surface area contributed by atoms with Crippen molar-refractivity contribution >= 4 is 15.9 Å². The summed E-state index contributed by atoms with van der Waals surface area (Å²) in [5.41, 5.74) is 2.58. The van der Waals surface area contributed by atoms with E-state index in [-0.39, 0.29) is 10.8 Å². The molecule has 2 aromatic carbocycles. The number of nitrogens with zero attached hydrogens (tertiary/aromatic N) is 1. The maximum absolute atomic E-state index is 12.1. The molecule has 0 unspecified atom stereocenters. The van der Waals surface area contributed by atoms with E-state index in [0.717, 1.165) is 12.1 Å². The number of amides is 1. The molecule has 0 fully saturated rings. The molecule has 0 aliphatic carbocycles. The number of nitrogens with two attached hydrogens (primary N) is 1. The number of sulfonamides is 1. The lowest BCUT2D eigenvalue weighted by atomic mass is 10.1. The Bertz CT molecular complexity index is 798. The first-order valence-electron chi connectivity index (χ1n) is 7.39. The fourth-order valence-corrected chi connectivity index (χ4v) is 2.72. The SMILES string of the molecule is CN(C)Cc1ccc(CNC(=O)c2ccc(S(N)(=O)=O)cc2)cc1. The van der Waals surface area contributed by atoms with Crippen LogP contribution in [0.2, 0.25) is 0 Å². The smallest absolute Gasteiger partial charge is 0.251 e. The van der Waals surface area contributed by atoms with Gasteiger partial charge in [-0.3, -0.25) is 4.79 Å². The van der Waals surface area contributed by atoms with E-state index in [1.807, 2.05) is 38.4 Å². The molecule has 0 aliphatic rings. The minimum absolute atomic E-state index is 0.0180. The van der Waals surface area contributed by atoms with Crippen LogP contribution < -0.4 is 10.5 Å². The summed E-state index contributed by atoms with van der Waals surface area (Å²) in [7, 11) is 0.270. The highest BCUT2D eigenvalue weighted by atomic mass is 32.2. The Hall–Kier alpha value is -2.22. The first-order chi connectivity index (χ1) is 11.3. The largest absolute Gasteiger partial charge is 0.348 e. The Morgan fingerprint density at radius 3 is 2.04 bits per heavy atom. The van der Waals surface area contributed by atoms with E-state index in [0.29, 0.717) is 12.1 Å². The maximum atomic E-state index is 12.1. The second-order valence-electron chi connectivity index (χ2n) is 5.81. The van der Waals surface area contributed by atoms with Crippen molar-refractivity contribution < 1.29 is 13.2 Å². The molecule has 1 amide bonds. The van der Waals surface area contributed by atoms with Crippen LogP contribution in [-0.2, 0) is 23.1 Å². The predicted molar refractivity (Wildman–Crippen MR) is 92.8 cm³/mol. The van der Waals surface area contributed by atoms with Gasteiger partial charge in [-0.05, 0) is 49.5 Å². The highest BCUT2D eigenvalue weighted by molar-refractivity contribution is 7.89. The van der Waals surface area contributed by atoms with Crippen molar-refractivity contribution in [3.63, 3.8) is 0 Å². The van der Waals surface area contributed by atoms with E-state index in [2.05, 4.69) is 10.2 Å². The molecule has 2 aromatic rings. The highest BCUT2D eigenvalue weighted by Crippen LogP contribution is 2.10. The third kappa shape index (κ3) is 5.16. The first kappa shape index (κ1) is 18.1. The van der Waals surface area contributed by atoms with Crippen molar-refractivity contribution in [1.82, 2.24) is 10.2 Å². The molecule has 0 atom stereocenters. The molecule has 128 valence electrons. The minimum atomic E-state index is -3.75. The van der Waals surface area contributed by atoms with Gasteiger partial charge < -0.3 is 10.2 Å². The molecular formula is C17H21N3O3S. The van der Waals surface area contributed by atoms with Crippen LogP contribution in [0.4, 0.5) is 0 Å². The van der Waals surface area contributed by atoms with Crippen LogP contribution in [-0.4, -0.2) is 33.3 Å². The zero-order chi connectivity index (χ0) is 17.7. The van der Waals surface area contributed by atoms with Gasteiger partial charge in [0, 0.05) is 18.7 Å². The number of rotatable bonds is 6. The van der Waals surface area contributed by atoms with Gasteiger partial charge in [0.05, 0.1) is 4.90 Å². The number of hydrogen-bond acceptors (Lipinski definition) is 4. The second kappa shape index (κ2) is 7.57. The normalized spacial score (nSPS) is 11.5. The first-order valence-corrected chi connectivity index (χ1v) is 8.94. The second-order valence-corrected chi connectivity index (χ2v) is 7.37. The van der Waals surface area contributed by atoms with Crippen LogP contribution in [0.15, 0.2) is 53.4 Å². The molecule has 6 nitrogen and oxygen atoms in total. The number of carbonyl (C=O) groups excluding carboxylic acids is 1. The molecule has 0 bridgehead atoms. The Labute approximate surface area is 142 Å². The summed E-state index contributed by atoms with van der Waals surface area (Å²) >= 11 is 0. The molecule has 2 rings (SSSR count). The van der Waals surface area contributed by atoms with Gasteiger partial charge in [0.2, 0.25) is 10.0 Å². The number of primary sulfonamides is 1. The summed E-state index contributed by atoms with van der Waals surface area (Å²) in [6, 6.07) is 13.5. The standard InChI is InChI=1S/C17H21N3O3S/c1-20(2)12-14-5-3-13(4-6-14)11-19-17(21)15-7-9-16(10-8-15)24(18,22)23/h3-10H,11-12H2,1-2H3,(H,19,21)(H2,18,22,23). The Kier molecular flexibility index (Phi) is 5.71. The van der Waals surface area contributed by atoms with Gasteiger partial charge in [-0.25, -0.2) is 13.6 Å². The lowest BCUT2D eigenvalue weighted by molar-refractivity contribution is 0.0951. The summed E-state index contributed by atoms with van der Waals surface area (Å²) < 4.78 is 22.4. The van der Waals surface area contributed by atoms with Crippen molar-refractivity contribution in [1.29, 1.82) is 0 Å². The highest BCUT2D eigenvalue weighted by Gasteiger charge is 2.10. The third-order valence-corrected chi connectivity index (χ3v) is 4.35.